The smallest absolute Gasteiger partial charge is 0.306 e. The van der Waals surface area contributed by atoms with Crippen LogP contribution < -0.4 is 0 Å². The molecule has 0 saturated heterocycles. The normalized spacial score (nSPS) is 13.2. The van der Waals surface area contributed by atoms with Crippen molar-refractivity contribution >= 4 is 17.9 Å². The zero-order valence-corrected chi connectivity index (χ0v) is 43.6. The lowest BCUT2D eigenvalue weighted by molar-refractivity contribution is -0.167. The third kappa shape index (κ3) is 52.5. The summed E-state index contributed by atoms with van der Waals surface area (Å²) in [4.78, 5) is 38.1. The van der Waals surface area contributed by atoms with Gasteiger partial charge in [-0.05, 0) is 89.9 Å². The number of allylic oxidation sites excluding steroid dienone is 22. The Labute approximate surface area is 417 Å². The fourth-order valence-electron chi connectivity index (χ4n) is 7.04. The van der Waals surface area contributed by atoms with Gasteiger partial charge in [0.25, 0.3) is 0 Å². The molecule has 0 aliphatic heterocycles. The summed E-state index contributed by atoms with van der Waals surface area (Å²) in [5.41, 5.74) is 0. The molecule has 0 bridgehead atoms. The van der Waals surface area contributed by atoms with Gasteiger partial charge >= 0.3 is 17.9 Å². The Bertz CT molecular complexity index is 1500. The molecule has 0 saturated carbocycles. The lowest BCUT2D eigenvalue weighted by Crippen LogP contribution is -2.30. The van der Waals surface area contributed by atoms with Gasteiger partial charge in [0.1, 0.15) is 13.2 Å². The molecule has 1 unspecified atom stereocenters. The number of esters is 3. The minimum atomic E-state index is -0.810. The van der Waals surface area contributed by atoms with E-state index in [1.165, 1.54) is 77.0 Å². The molecule has 0 aromatic heterocycles. The van der Waals surface area contributed by atoms with Crippen LogP contribution >= 0.6 is 0 Å². The third-order valence-electron chi connectivity index (χ3n) is 11.1. The first-order chi connectivity index (χ1) is 33.5. The Hall–Kier alpha value is -4.45. The molecule has 0 aliphatic carbocycles. The summed E-state index contributed by atoms with van der Waals surface area (Å²) < 4.78 is 16.8. The summed E-state index contributed by atoms with van der Waals surface area (Å²) in [5, 5.41) is 0. The number of ether oxygens (including phenoxy) is 3. The van der Waals surface area contributed by atoms with Crippen LogP contribution in [0.4, 0.5) is 0 Å². The highest BCUT2D eigenvalue weighted by atomic mass is 16.6. The van der Waals surface area contributed by atoms with Crippen molar-refractivity contribution < 1.29 is 28.6 Å². The maximum absolute atomic E-state index is 12.8. The molecule has 0 aromatic carbocycles. The van der Waals surface area contributed by atoms with E-state index in [1.54, 1.807) is 0 Å². The van der Waals surface area contributed by atoms with Crippen molar-refractivity contribution in [3.63, 3.8) is 0 Å². The van der Waals surface area contributed by atoms with Crippen molar-refractivity contribution in [2.45, 2.75) is 226 Å². The first kappa shape index (κ1) is 63.5. The first-order valence-electron chi connectivity index (χ1n) is 27.3. The highest BCUT2D eigenvalue weighted by Gasteiger charge is 2.19. The lowest BCUT2D eigenvalue weighted by atomic mass is 10.1. The van der Waals surface area contributed by atoms with Crippen LogP contribution in [-0.4, -0.2) is 37.2 Å². The largest absolute Gasteiger partial charge is 0.462 e. The Morgan fingerprint density at radius 3 is 1.09 bits per heavy atom. The van der Waals surface area contributed by atoms with Gasteiger partial charge in [0.05, 0.1) is 0 Å². The number of hydrogen-bond donors (Lipinski definition) is 0. The van der Waals surface area contributed by atoms with E-state index in [9.17, 15) is 14.4 Å². The van der Waals surface area contributed by atoms with Crippen molar-refractivity contribution in [1.82, 2.24) is 0 Å². The van der Waals surface area contributed by atoms with E-state index in [4.69, 9.17) is 14.2 Å². The minimum absolute atomic E-state index is 0.106. The van der Waals surface area contributed by atoms with Crippen molar-refractivity contribution in [3.05, 3.63) is 134 Å². The van der Waals surface area contributed by atoms with E-state index < -0.39 is 6.10 Å². The molecule has 0 rings (SSSR count). The molecule has 382 valence electrons. The zero-order valence-electron chi connectivity index (χ0n) is 43.6. The van der Waals surface area contributed by atoms with E-state index in [2.05, 4.69) is 81.5 Å². The second kappa shape index (κ2) is 55.1. The molecule has 0 heterocycles. The van der Waals surface area contributed by atoms with Crippen LogP contribution in [-0.2, 0) is 28.6 Å². The van der Waals surface area contributed by atoms with Crippen LogP contribution in [0.2, 0.25) is 0 Å². The summed E-state index contributed by atoms with van der Waals surface area (Å²) in [6.07, 6.45) is 77.2. The molecule has 0 radical (unpaired) electrons. The fraction of sp³-hybridized carbons (Fsp3) is 0.597. The first-order valence-corrected chi connectivity index (χ1v) is 27.3. The van der Waals surface area contributed by atoms with Crippen LogP contribution in [0.15, 0.2) is 134 Å². The summed E-state index contributed by atoms with van der Waals surface area (Å²) in [6, 6.07) is 0. The lowest BCUT2D eigenvalue weighted by Gasteiger charge is -2.18. The van der Waals surface area contributed by atoms with Gasteiger partial charge in [0.15, 0.2) is 6.10 Å². The highest BCUT2D eigenvalue weighted by molar-refractivity contribution is 5.71. The van der Waals surface area contributed by atoms with E-state index in [-0.39, 0.29) is 31.1 Å². The predicted octanol–water partition coefficient (Wildman–Crippen LogP) is 18.3. The minimum Gasteiger partial charge on any atom is -0.462 e. The van der Waals surface area contributed by atoms with Crippen molar-refractivity contribution in [2.24, 2.45) is 0 Å². The monoisotopic (exact) mass is 939 g/mol. The quantitative estimate of drug-likeness (QED) is 0.0199. The van der Waals surface area contributed by atoms with Gasteiger partial charge in [-0.3, -0.25) is 14.4 Å². The Kier molecular flexibility index (Phi) is 51.5. The molecular formula is C62H98O6. The Balaban J connectivity index is 4.50. The second-order valence-electron chi connectivity index (χ2n) is 17.6. The van der Waals surface area contributed by atoms with Gasteiger partial charge in [-0.15, -0.1) is 0 Å². The summed E-state index contributed by atoms with van der Waals surface area (Å²) in [7, 11) is 0. The molecule has 6 nitrogen and oxygen atoms in total. The van der Waals surface area contributed by atoms with Crippen LogP contribution in [0.1, 0.15) is 220 Å². The van der Waals surface area contributed by atoms with E-state index in [1.807, 2.05) is 72.9 Å². The Morgan fingerprint density at radius 2 is 0.647 bits per heavy atom. The van der Waals surface area contributed by atoms with Gasteiger partial charge in [-0.2, -0.15) is 0 Å². The van der Waals surface area contributed by atoms with Crippen LogP contribution in [0.25, 0.3) is 0 Å². The van der Waals surface area contributed by atoms with Gasteiger partial charge in [0.2, 0.25) is 0 Å². The highest BCUT2D eigenvalue weighted by Crippen LogP contribution is 2.14. The average Bonchev–Trinajstić information content (AvgIpc) is 3.34. The van der Waals surface area contributed by atoms with Gasteiger partial charge in [0, 0.05) is 19.3 Å². The molecule has 0 aliphatic rings. The molecule has 68 heavy (non-hydrogen) atoms. The van der Waals surface area contributed by atoms with E-state index in [0.717, 1.165) is 103 Å². The molecule has 0 aromatic rings. The standard InChI is InChI=1S/C62H98O6/c1-4-7-10-13-16-19-22-25-27-29-31-33-35-37-40-43-46-49-52-55-61(64)67-58-59(57-66-60(63)54-51-48-45-42-39-24-21-18-15-12-9-6-3)68-62(65)56-53-50-47-44-41-38-36-34-32-30-28-26-23-20-17-14-11-8-5-2/h7,9-10,12-13,16-23,25-27,29,31,33,35,37,40,59H,4-6,8,11,14-15,24,28,30,32,34,36,38-39,41-58H2,1-3H3/b10-7-,12-9-,16-13-,20-17-,21-18-,22-19-,26-23-,27-25-,31-29+,35-33-,40-37-. The van der Waals surface area contributed by atoms with Gasteiger partial charge < -0.3 is 14.2 Å². The van der Waals surface area contributed by atoms with E-state index in [0.29, 0.717) is 19.3 Å². The van der Waals surface area contributed by atoms with Crippen molar-refractivity contribution in [3.8, 4) is 0 Å². The second-order valence-corrected chi connectivity index (χ2v) is 17.6. The molecular weight excluding hydrogens is 841 g/mol. The van der Waals surface area contributed by atoms with E-state index >= 15 is 0 Å². The summed E-state index contributed by atoms with van der Waals surface area (Å²) in [5.74, 6) is -0.976. The van der Waals surface area contributed by atoms with Crippen LogP contribution in [0.5, 0.6) is 0 Å². The maximum Gasteiger partial charge on any atom is 0.306 e. The number of carbonyl (C=O) groups excluding carboxylic acids is 3. The fourth-order valence-corrected chi connectivity index (χ4v) is 7.04. The zero-order chi connectivity index (χ0) is 49.3. The van der Waals surface area contributed by atoms with Crippen molar-refractivity contribution in [1.29, 1.82) is 0 Å². The number of rotatable bonds is 47. The Morgan fingerprint density at radius 1 is 0.324 bits per heavy atom. The average molecular weight is 939 g/mol. The van der Waals surface area contributed by atoms with Crippen LogP contribution in [0, 0.1) is 0 Å². The third-order valence-corrected chi connectivity index (χ3v) is 11.1. The summed E-state index contributed by atoms with van der Waals surface area (Å²) >= 11 is 0. The predicted molar refractivity (Wildman–Crippen MR) is 292 cm³/mol. The SMILES string of the molecule is CC\C=C/C=C\C=C/C=C\C=C\C=C/C=C\CCCCCC(=O)OCC(COC(=O)CCCCCCC/C=C\C/C=C\CC)OC(=O)CCCCCCCCCCCC/C=C\C=C/CCCCC. The molecule has 6 heteroatoms. The molecule has 0 fully saturated rings. The molecule has 0 spiro atoms. The maximum atomic E-state index is 12.8. The molecule has 1 atom stereocenters. The summed E-state index contributed by atoms with van der Waals surface area (Å²) in [6.45, 7) is 6.29. The number of hydrogen-bond acceptors (Lipinski definition) is 6. The van der Waals surface area contributed by atoms with Crippen LogP contribution in [0.3, 0.4) is 0 Å². The molecule has 0 N–H and O–H groups in total. The van der Waals surface area contributed by atoms with Gasteiger partial charge in [-0.1, -0.05) is 244 Å². The topological polar surface area (TPSA) is 78.9 Å². The van der Waals surface area contributed by atoms with Gasteiger partial charge in [-0.25, -0.2) is 0 Å². The number of unbranched alkanes of at least 4 members (excludes halogenated alkanes) is 21. The molecule has 0 amide bonds. The van der Waals surface area contributed by atoms with Crippen molar-refractivity contribution in [2.75, 3.05) is 13.2 Å². The number of carbonyl (C=O) groups is 3.